The first-order valence-electron chi connectivity index (χ1n) is 7.31. The zero-order chi connectivity index (χ0) is 16.5. The molecular formula is C17H20ClN3OS. The van der Waals surface area contributed by atoms with E-state index in [1.807, 2.05) is 54.6 Å². The molecule has 1 atom stereocenters. The third kappa shape index (κ3) is 6.04. The standard InChI is InChI=1S/C17H20ClN3OS/c1-19-17(21-13-14-7-9-15(18)10-8-14)20-11-12-23(22)16-5-3-2-4-6-16/h2-10H,11-13H2,1H3,(H2,19,20,21). The number of benzene rings is 2. The maximum atomic E-state index is 12.1. The highest BCUT2D eigenvalue weighted by Gasteiger charge is 2.04. The van der Waals surface area contributed by atoms with E-state index in [1.165, 1.54) is 0 Å². The molecule has 1 unspecified atom stereocenters. The Morgan fingerprint density at radius 2 is 1.78 bits per heavy atom. The fourth-order valence-electron chi connectivity index (χ4n) is 1.96. The Morgan fingerprint density at radius 1 is 1.09 bits per heavy atom. The second-order valence-corrected chi connectivity index (χ2v) is 6.85. The Balaban J connectivity index is 1.75. The summed E-state index contributed by atoms with van der Waals surface area (Å²) in [5, 5.41) is 7.11. The molecule has 0 spiro atoms. The molecule has 0 saturated heterocycles. The average Bonchev–Trinajstić information content (AvgIpc) is 2.60. The molecule has 0 bridgehead atoms. The monoisotopic (exact) mass is 349 g/mol. The summed E-state index contributed by atoms with van der Waals surface area (Å²) in [6, 6.07) is 17.1. The maximum absolute atomic E-state index is 12.1. The van der Waals surface area contributed by atoms with Gasteiger partial charge >= 0.3 is 0 Å². The first kappa shape index (κ1) is 17.5. The highest BCUT2D eigenvalue weighted by atomic mass is 35.5. The molecule has 0 radical (unpaired) electrons. The van der Waals surface area contributed by atoms with Gasteiger partial charge in [-0.15, -0.1) is 0 Å². The van der Waals surface area contributed by atoms with Crippen LogP contribution in [0.5, 0.6) is 0 Å². The number of nitrogens with one attached hydrogen (secondary N) is 2. The van der Waals surface area contributed by atoms with Crippen LogP contribution in [0.3, 0.4) is 0 Å². The molecule has 0 aliphatic heterocycles. The van der Waals surface area contributed by atoms with E-state index in [0.717, 1.165) is 15.5 Å². The van der Waals surface area contributed by atoms with Gasteiger partial charge < -0.3 is 10.6 Å². The lowest BCUT2D eigenvalue weighted by Crippen LogP contribution is -2.38. The van der Waals surface area contributed by atoms with Crippen molar-refractivity contribution in [2.24, 2.45) is 4.99 Å². The molecule has 23 heavy (non-hydrogen) atoms. The van der Waals surface area contributed by atoms with E-state index < -0.39 is 10.8 Å². The Bertz CT molecular complexity index is 659. The minimum Gasteiger partial charge on any atom is -0.355 e. The lowest BCUT2D eigenvalue weighted by molar-refractivity contribution is 0.681. The molecule has 0 saturated carbocycles. The van der Waals surface area contributed by atoms with E-state index >= 15 is 0 Å². The molecule has 0 fully saturated rings. The molecular weight excluding hydrogens is 330 g/mol. The van der Waals surface area contributed by atoms with Crippen molar-refractivity contribution >= 4 is 28.4 Å². The first-order valence-corrected chi connectivity index (χ1v) is 9.01. The van der Waals surface area contributed by atoms with Crippen LogP contribution in [-0.2, 0) is 17.3 Å². The van der Waals surface area contributed by atoms with Crippen LogP contribution >= 0.6 is 11.6 Å². The molecule has 0 amide bonds. The van der Waals surface area contributed by atoms with Crippen molar-refractivity contribution < 1.29 is 4.21 Å². The molecule has 6 heteroatoms. The van der Waals surface area contributed by atoms with Gasteiger partial charge in [0.1, 0.15) is 0 Å². The SMILES string of the molecule is CN=C(NCCS(=O)c1ccccc1)NCc1ccc(Cl)cc1. The predicted octanol–water partition coefficient (Wildman–Crippen LogP) is 2.81. The van der Waals surface area contributed by atoms with Crippen LogP contribution in [0, 0.1) is 0 Å². The summed E-state index contributed by atoms with van der Waals surface area (Å²) < 4.78 is 12.1. The summed E-state index contributed by atoms with van der Waals surface area (Å²) in [5.41, 5.74) is 1.12. The average molecular weight is 350 g/mol. The molecule has 0 heterocycles. The number of rotatable bonds is 6. The van der Waals surface area contributed by atoms with Gasteiger partial charge in [-0.2, -0.15) is 0 Å². The van der Waals surface area contributed by atoms with Gasteiger partial charge in [0, 0.05) is 35.8 Å². The minimum absolute atomic E-state index is 0.533. The highest BCUT2D eigenvalue weighted by molar-refractivity contribution is 7.85. The summed E-state index contributed by atoms with van der Waals surface area (Å²) in [7, 11) is 0.709. The Kier molecular flexibility index (Phi) is 7.10. The second-order valence-electron chi connectivity index (χ2n) is 4.84. The van der Waals surface area contributed by atoms with Gasteiger partial charge in [0.05, 0.1) is 10.8 Å². The fourth-order valence-corrected chi connectivity index (χ4v) is 3.07. The van der Waals surface area contributed by atoms with Crippen molar-refractivity contribution in [1.29, 1.82) is 0 Å². The van der Waals surface area contributed by atoms with Crippen molar-refractivity contribution in [3.8, 4) is 0 Å². The normalized spacial score (nSPS) is 12.7. The topological polar surface area (TPSA) is 53.5 Å². The maximum Gasteiger partial charge on any atom is 0.191 e. The molecule has 122 valence electrons. The zero-order valence-electron chi connectivity index (χ0n) is 13.0. The van der Waals surface area contributed by atoms with E-state index in [0.29, 0.717) is 24.8 Å². The minimum atomic E-state index is -1.00. The number of halogens is 1. The summed E-state index contributed by atoms with van der Waals surface area (Å²) in [6.45, 7) is 1.24. The van der Waals surface area contributed by atoms with Gasteiger partial charge in [-0.1, -0.05) is 41.9 Å². The van der Waals surface area contributed by atoms with Crippen LogP contribution in [0.1, 0.15) is 5.56 Å². The predicted molar refractivity (Wildman–Crippen MR) is 97.4 cm³/mol. The molecule has 2 rings (SSSR count). The summed E-state index contributed by atoms with van der Waals surface area (Å²) in [6.07, 6.45) is 0. The molecule has 4 nitrogen and oxygen atoms in total. The number of guanidine groups is 1. The van der Waals surface area contributed by atoms with Gasteiger partial charge in [0.15, 0.2) is 5.96 Å². The van der Waals surface area contributed by atoms with Gasteiger partial charge in [-0.25, -0.2) is 0 Å². The Morgan fingerprint density at radius 3 is 2.43 bits per heavy atom. The van der Waals surface area contributed by atoms with Crippen molar-refractivity contribution in [3.63, 3.8) is 0 Å². The second kappa shape index (κ2) is 9.33. The largest absolute Gasteiger partial charge is 0.355 e. The van der Waals surface area contributed by atoms with Crippen LogP contribution < -0.4 is 10.6 Å². The van der Waals surface area contributed by atoms with Gasteiger partial charge in [-0.3, -0.25) is 9.20 Å². The van der Waals surface area contributed by atoms with Crippen molar-refractivity contribution in [2.45, 2.75) is 11.4 Å². The Labute approximate surface area is 144 Å². The fraction of sp³-hybridized carbons (Fsp3) is 0.235. The van der Waals surface area contributed by atoms with Crippen molar-refractivity contribution in [3.05, 3.63) is 65.2 Å². The van der Waals surface area contributed by atoms with Crippen LogP contribution in [0.15, 0.2) is 64.5 Å². The van der Waals surface area contributed by atoms with E-state index in [-0.39, 0.29) is 0 Å². The lowest BCUT2D eigenvalue weighted by Gasteiger charge is -2.12. The highest BCUT2D eigenvalue weighted by Crippen LogP contribution is 2.09. The summed E-state index contributed by atoms with van der Waals surface area (Å²) >= 11 is 5.87. The van der Waals surface area contributed by atoms with Crippen molar-refractivity contribution in [2.75, 3.05) is 19.3 Å². The molecule has 0 aromatic heterocycles. The van der Waals surface area contributed by atoms with Gasteiger partial charge in [-0.05, 0) is 29.8 Å². The molecule has 0 aliphatic rings. The van der Waals surface area contributed by atoms with E-state index in [4.69, 9.17) is 11.6 Å². The van der Waals surface area contributed by atoms with Crippen LogP contribution in [0.4, 0.5) is 0 Å². The number of hydrogen-bond acceptors (Lipinski definition) is 2. The number of aliphatic imine (C=N–C) groups is 1. The quantitative estimate of drug-likeness (QED) is 0.623. The molecule has 2 aromatic carbocycles. The molecule has 2 N–H and O–H groups in total. The molecule has 2 aromatic rings. The van der Waals surface area contributed by atoms with E-state index in [9.17, 15) is 4.21 Å². The smallest absolute Gasteiger partial charge is 0.191 e. The van der Waals surface area contributed by atoms with Gasteiger partial charge in [0.2, 0.25) is 0 Å². The van der Waals surface area contributed by atoms with Gasteiger partial charge in [0.25, 0.3) is 0 Å². The summed E-state index contributed by atoms with van der Waals surface area (Å²) in [4.78, 5) is 5.01. The van der Waals surface area contributed by atoms with Crippen LogP contribution in [0.25, 0.3) is 0 Å². The third-order valence-corrected chi connectivity index (χ3v) is 4.81. The van der Waals surface area contributed by atoms with Crippen molar-refractivity contribution in [1.82, 2.24) is 10.6 Å². The number of hydrogen-bond donors (Lipinski definition) is 2. The lowest BCUT2D eigenvalue weighted by atomic mass is 10.2. The summed E-state index contributed by atoms with van der Waals surface area (Å²) in [5.74, 6) is 1.22. The van der Waals surface area contributed by atoms with E-state index in [1.54, 1.807) is 7.05 Å². The number of nitrogens with zero attached hydrogens (tertiary/aromatic N) is 1. The Hall–Kier alpha value is -1.85. The third-order valence-electron chi connectivity index (χ3n) is 3.18. The zero-order valence-corrected chi connectivity index (χ0v) is 14.5. The van der Waals surface area contributed by atoms with Crippen LogP contribution in [0.2, 0.25) is 5.02 Å². The first-order chi connectivity index (χ1) is 11.2. The van der Waals surface area contributed by atoms with Crippen LogP contribution in [-0.4, -0.2) is 29.5 Å². The molecule has 0 aliphatic carbocycles. The van der Waals surface area contributed by atoms with E-state index in [2.05, 4.69) is 15.6 Å².